The fourth-order valence-electron chi connectivity index (χ4n) is 2.51. The Morgan fingerprint density at radius 2 is 2.10 bits per heavy atom. The van der Waals surface area contributed by atoms with Crippen LogP contribution < -0.4 is 9.47 Å². The summed E-state index contributed by atoms with van der Waals surface area (Å²) in [7, 11) is 1.48. The Bertz CT molecular complexity index is 507. The normalized spacial score (nSPS) is 15.1. The molecule has 0 radical (unpaired) electrons. The van der Waals surface area contributed by atoms with Gasteiger partial charge in [-0.1, -0.05) is 12.8 Å². The van der Waals surface area contributed by atoms with E-state index < -0.39 is 0 Å². The maximum Gasteiger partial charge on any atom is 0.311 e. The van der Waals surface area contributed by atoms with Gasteiger partial charge in [0.15, 0.2) is 11.5 Å². The first-order chi connectivity index (χ1) is 9.63. The van der Waals surface area contributed by atoms with Gasteiger partial charge >= 0.3 is 5.97 Å². The lowest BCUT2D eigenvalue weighted by molar-refractivity contribution is -0.135. The molecule has 1 aliphatic carbocycles. The Labute approximate surface area is 126 Å². The minimum absolute atomic E-state index is 0.255. The topological polar surface area (TPSA) is 52.6 Å². The molecule has 0 unspecified atom stereocenters. The number of aldehydes is 1. The van der Waals surface area contributed by atoms with Gasteiger partial charge in [0.05, 0.1) is 11.6 Å². The highest BCUT2D eigenvalue weighted by Gasteiger charge is 2.21. The second-order valence-corrected chi connectivity index (χ2v) is 5.83. The van der Waals surface area contributed by atoms with Crippen LogP contribution in [0.2, 0.25) is 0 Å². The van der Waals surface area contributed by atoms with Crippen molar-refractivity contribution in [2.75, 3.05) is 7.11 Å². The highest BCUT2D eigenvalue weighted by molar-refractivity contribution is 9.10. The molecule has 108 valence electrons. The number of benzene rings is 1. The monoisotopic (exact) mass is 340 g/mol. The molecule has 4 nitrogen and oxygen atoms in total. The van der Waals surface area contributed by atoms with Crippen LogP contribution in [0.5, 0.6) is 11.5 Å². The largest absolute Gasteiger partial charge is 0.493 e. The van der Waals surface area contributed by atoms with Crippen LogP contribution in [0.3, 0.4) is 0 Å². The lowest BCUT2D eigenvalue weighted by Gasteiger charge is -2.13. The predicted octanol–water partition coefficient (Wildman–Crippen LogP) is 3.76. The van der Waals surface area contributed by atoms with Crippen molar-refractivity contribution in [2.24, 2.45) is 5.92 Å². The van der Waals surface area contributed by atoms with E-state index in [2.05, 4.69) is 15.9 Å². The molecule has 1 saturated carbocycles. The summed E-state index contributed by atoms with van der Waals surface area (Å²) in [4.78, 5) is 22.8. The third-order valence-corrected chi connectivity index (χ3v) is 4.12. The number of ether oxygens (including phenoxy) is 2. The van der Waals surface area contributed by atoms with E-state index in [0.29, 0.717) is 33.9 Å². The van der Waals surface area contributed by atoms with Gasteiger partial charge in [0.2, 0.25) is 0 Å². The molecule has 20 heavy (non-hydrogen) atoms. The smallest absolute Gasteiger partial charge is 0.311 e. The van der Waals surface area contributed by atoms with Crippen molar-refractivity contribution in [2.45, 2.75) is 32.1 Å². The highest BCUT2D eigenvalue weighted by Crippen LogP contribution is 2.37. The van der Waals surface area contributed by atoms with E-state index >= 15 is 0 Å². The number of hydrogen-bond acceptors (Lipinski definition) is 4. The Morgan fingerprint density at radius 1 is 1.40 bits per heavy atom. The van der Waals surface area contributed by atoms with Crippen LogP contribution in [0.25, 0.3) is 0 Å². The molecule has 0 amide bonds. The van der Waals surface area contributed by atoms with Crippen molar-refractivity contribution in [3.8, 4) is 11.5 Å². The second kappa shape index (κ2) is 6.88. The molecule has 0 saturated heterocycles. The highest BCUT2D eigenvalue weighted by atomic mass is 79.9. The zero-order valence-corrected chi connectivity index (χ0v) is 12.9. The minimum atomic E-state index is -0.255. The van der Waals surface area contributed by atoms with Crippen LogP contribution in [0.4, 0.5) is 0 Å². The van der Waals surface area contributed by atoms with E-state index in [0.717, 1.165) is 19.1 Å². The van der Waals surface area contributed by atoms with E-state index in [1.54, 1.807) is 12.1 Å². The summed E-state index contributed by atoms with van der Waals surface area (Å²) in [6.07, 6.45) is 5.73. The molecule has 0 spiro atoms. The molecule has 0 aromatic heterocycles. The molecule has 2 rings (SSSR count). The molecule has 0 heterocycles. The van der Waals surface area contributed by atoms with Gasteiger partial charge in [0, 0.05) is 12.0 Å². The Hall–Kier alpha value is -1.36. The van der Waals surface area contributed by atoms with E-state index in [4.69, 9.17) is 9.47 Å². The zero-order chi connectivity index (χ0) is 14.5. The molecule has 5 heteroatoms. The van der Waals surface area contributed by atoms with Gasteiger partial charge in [-0.15, -0.1) is 0 Å². The summed E-state index contributed by atoms with van der Waals surface area (Å²) in [6, 6.07) is 3.16. The number of hydrogen-bond donors (Lipinski definition) is 0. The maximum absolute atomic E-state index is 12.0. The van der Waals surface area contributed by atoms with Gasteiger partial charge in [0.25, 0.3) is 0 Å². The second-order valence-electron chi connectivity index (χ2n) is 4.98. The van der Waals surface area contributed by atoms with Gasteiger partial charge in [-0.3, -0.25) is 9.59 Å². The van der Waals surface area contributed by atoms with Gasteiger partial charge in [-0.25, -0.2) is 0 Å². The summed E-state index contributed by atoms with van der Waals surface area (Å²) >= 11 is 3.30. The number of methoxy groups -OCH3 is 1. The Kier molecular flexibility index (Phi) is 5.17. The van der Waals surface area contributed by atoms with Gasteiger partial charge in [0.1, 0.15) is 6.29 Å². The molecule has 0 bridgehead atoms. The van der Waals surface area contributed by atoms with E-state index in [-0.39, 0.29) is 5.97 Å². The molecule has 1 fully saturated rings. The summed E-state index contributed by atoms with van der Waals surface area (Å²) < 4.78 is 11.1. The van der Waals surface area contributed by atoms with E-state index in [1.807, 2.05) is 0 Å². The van der Waals surface area contributed by atoms with Gasteiger partial charge in [-0.05, 0) is 46.8 Å². The summed E-state index contributed by atoms with van der Waals surface area (Å²) in [6.45, 7) is 0. The summed E-state index contributed by atoms with van der Waals surface area (Å²) in [5.74, 6) is 0.888. The first-order valence-corrected chi connectivity index (χ1v) is 7.46. The average molecular weight is 341 g/mol. The first kappa shape index (κ1) is 15.0. The van der Waals surface area contributed by atoms with Crippen LogP contribution in [0, 0.1) is 5.92 Å². The molecule has 0 atom stereocenters. The summed E-state index contributed by atoms with van der Waals surface area (Å²) in [5, 5.41) is 0. The fraction of sp³-hybridized carbons (Fsp3) is 0.467. The van der Waals surface area contributed by atoms with Crippen molar-refractivity contribution < 1.29 is 19.1 Å². The number of carbonyl (C=O) groups excluding carboxylic acids is 2. The number of esters is 1. The predicted molar refractivity (Wildman–Crippen MR) is 78.3 cm³/mol. The van der Waals surface area contributed by atoms with Crippen LogP contribution in [0.15, 0.2) is 16.6 Å². The Morgan fingerprint density at radius 3 is 2.70 bits per heavy atom. The first-order valence-electron chi connectivity index (χ1n) is 6.67. The molecule has 0 aliphatic heterocycles. The van der Waals surface area contributed by atoms with Gasteiger partial charge in [-0.2, -0.15) is 0 Å². The van der Waals surface area contributed by atoms with Crippen LogP contribution in [0.1, 0.15) is 42.5 Å². The molecular weight excluding hydrogens is 324 g/mol. The molecular formula is C15H17BrO4. The molecule has 0 N–H and O–H groups in total. The van der Waals surface area contributed by atoms with Crippen LogP contribution >= 0.6 is 15.9 Å². The fourth-order valence-corrected chi connectivity index (χ4v) is 3.05. The number of carbonyl (C=O) groups is 2. The van der Waals surface area contributed by atoms with Crippen molar-refractivity contribution in [3.05, 3.63) is 22.2 Å². The lowest BCUT2D eigenvalue weighted by atomic mass is 10.0. The van der Waals surface area contributed by atoms with Crippen LogP contribution in [-0.2, 0) is 4.79 Å². The van der Waals surface area contributed by atoms with Gasteiger partial charge < -0.3 is 9.47 Å². The maximum atomic E-state index is 12.0. The lowest BCUT2D eigenvalue weighted by Crippen LogP contribution is -2.13. The Balaban J connectivity index is 2.11. The number of halogens is 1. The molecule has 1 aromatic rings. The SMILES string of the molecule is COc1cc(C=O)cc(Br)c1OC(=O)CC1CCCC1. The molecule has 1 aromatic carbocycles. The number of rotatable bonds is 5. The van der Waals surface area contributed by atoms with Crippen LogP contribution in [-0.4, -0.2) is 19.4 Å². The van der Waals surface area contributed by atoms with E-state index in [9.17, 15) is 9.59 Å². The van der Waals surface area contributed by atoms with Crippen molar-refractivity contribution in [3.63, 3.8) is 0 Å². The third kappa shape index (κ3) is 3.60. The van der Waals surface area contributed by atoms with E-state index in [1.165, 1.54) is 20.0 Å². The van der Waals surface area contributed by atoms with Crippen molar-refractivity contribution in [1.82, 2.24) is 0 Å². The standard InChI is InChI=1S/C15H17BrO4/c1-19-13-7-11(9-17)6-12(16)15(13)20-14(18)8-10-4-2-3-5-10/h6-7,9-10H,2-5,8H2,1H3. The average Bonchev–Trinajstić information content (AvgIpc) is 2.93. The summed E-state index contributed by atoms with van der Waals surface area (Å²) in [5.41, 5.74) is 0.462. The quantitative estimate of drug-likeness (QED) is 0.465. The minimum Gasteiger partial charge on any atom is -0.493 e. The van der Waals surface area contributed by atoms with Crippen molar-refractivity contribution in [1.29, 1.82) is 0 Å². The zero-order valence-electron chi connectivity index (χ0n) is 11.4. The third-order valence-electron chi connectivity index (χ3n) is 3.53. The van der Waals surface area contributed by atoms with Crippen molar-refractivity contribution >= 4 is 28.2 Å². The molecule has 1 aliphatic rings.